The molecule has 0 amide bonds. The zero-order valence-electron chi connectivity index (χ0n) is 11.1. The van der Waals surface area contributed by atoms with E-state index < -0.39 is 0 Å². The molecule has 0 unspecified atom stereocenters. The van der Waals surface area contributed by atoms with Gasteiger partial charge in [-0.25, -0.2) is 0 Å². The van der Waals surface area contributed by atoms with E-state index >= 15 is 0 Å². The summed E-state index contributed by atoms with van der Waals surface area (Å²) in [7, 11) is 3.29. The van der Waals surface area contributed by atoms with Crippen LogP contribution in [0.25, 0.3) is 0 Å². The first-order valence-corrected chi connectivity index (χ1v) is 6.74. The van der Waals surface area contributed by atoms with Crippen LogP contribution in [-0.2, 0) is 6.54 Å². The number of allylic oxidation sites excluding steroid dienone is 1. The van der Waals surface area contributed by atoms with Gasteiger partial charge in [0.15, 0.2) is 11.5 Å². The molecule has 0 aromatic heterocycles. The van der Waals surface area contributed by atoms with Crippen molar-refractivity contribution in [1.82, 2.24) is 5.32 Å². The Morgan fingerprint density at radius 3 is 2.50 bits per heavy atom. The molecule has 0 bridgehead atoms. The average molecular weight is 314 g/mol. The number of methoxy groups -OCH3 is 2. The van der Waals surface area contributed by atoms with Gasteiger partial charge in [-0.05, 0) is 37.6 Å². The van der Waals surface area contributed by atoms with E-state index in [1.165, 1.54) is 0 Å². The summed E-state index contributed by atoms with van der Waals surface area (Å²) in [5.74, 6) is 1.49. The Balaban J connectivity index is 2.65. The van der Waals surface area contributed by atoms with Crippen molar-refractivity contribution in [3.8, 4) is 11.5 Å². The number of nitrogens with one attached hydrogen (secondary N) is 1. The lowest BCUT2D eigenvalue weighted by Crippen LogP contribution is -2.14. The van der Waals surface area contributed by atoms with Gasteiger partial charge in [0.1, 0.15) is 0 Å². The van der Waals surface area contributed by atoms with Crippen molar-refractivity contribution in [1.29, 1.82) is 0 Å². The lowest BCUT2D eigenvalue weighted by atomic mass is 10.2. The molecule has 0 spiro atoms. The zero-order valence-corrected chi connectivity index (χ0v) is 12.7. The predicted octanol–water partition coefficient (Wildman–Crippen LogP) is 3.52. The third-order valence-corrected chi connectivity index (χ3v) is 3.33. The normalized spacial score (nSPS) is 10.9. The summed E-state index contributed by atoms with van der Waals surface area (Å²) in [6, 6.07) is 3.92. The molecular formula is C14H20BrNO2. The molecule has 0 aliphatic heterocycles. The van der Waals surface area contributed by atoms with E-state index in [-0.39, 0.29) is 0 Å². The Labute approximate surface area is 117 Å². The topological polar surface area (TPSA) is 30.5 Å². The smallest absolute Gasteiger partial charge is 0.161 e. The lowest BCUT2D eigenvalue weighted by molar-refractivity contribution is 0.354. The molecule has 3 nitrogen and oxygen atoms in total. The van der Waals surface area contributed by atoms with Crippen molar-refractivity contribution in [2.75, 3.05) is 20.8 Å². The number of ether oxygens (including phenoxy) is 2. The highest BCUT2D eigenvalue weighted by atomic mass is 79.9. The van der Waals surface area contributed by atoms with Gasteiger partial charge in [0, 0.05) is 11.0 Å². The third-order valence-electron chi connectivity index (χ3n) is 2.59. The highest BCUT2D eigenvalue weighted by Gasteiger charge is 2.08. The summed E-state index contributed by atoms with van der Waals surface area (Å²) in [6.07, 6.45) is 5.26. The van der Waals surface area contributed by atoms with Crippen LogP contribution in [0.4, 0.5) is 0 Å². The molecule has 1 N–H and O–H groups in total. The van der Waals surface area contributed by atoms with Crippen LogP contribution in [-0.4, -0.2) is 20.8 Å². The molecule has 1 aromatic carbocycles. The van der Waals surface area contributed by atoms with E-state index in [1.807, 2.05) is 19.1 Å². The van der Waals surface area contributed by atoms with Crippen LogP contribution >= 0.6 is 15.9 Å². The number of rotatable bonds is 7. The zero-order chi connectivity index (χ0) is 13.4. The first-order chi connectivity index (χ1) is 8.72. The second-order valence-corrected chi connectivity index (χ2v) is 4.69. The average Bonchev–Trinajstić information content (AvgIpc) is 2.39. The van der Waals surface area contributed by atoms with Gasteiger partial charge in [0.2, 0.25) is 0 Å². The molecular weight excluding hydrogens is 294 g/mol. The fourth-order valence-corrected chi connectivity index (χ4v) is 2.07. The summed E-state index contributed by atoms with van der Waals surface area (Å²) < 4.78 is 11.6. The molecule has 0 saturated carbocycles. The molecule has 0 heterocycles. The maximum atomic E-state index is 5.29. The summed E-state index contributed by atoms with van der Waals surface area (Å²) >= 11 is 3.54. The van der Waals surface area contributed by atoms with Gasteiger partial charge in [-0.3, -0.25) is 0 Å². The minimum absolute atomic E-state index is 0.738. The first-order valence-electron chi connectivity index (χ1n) is 5.95. The van der Waals surface area contributed by atoms with Crippen molar-refractivity contribution in [2.24, 2.45) is 0 Å². The van der Waals surface area contributed by atoms with Gasteiger partial charge in [0.25, 0.3) is 0 Å². The highest BCUT2D eigenvalue weighted by Crippen LogP contribution is 2.33. The standard InChI is InChI=1S/C14H20BrNO2/c1-4-5-6-7-16-10-11-8-13(17-2)14(18-3)9-12(11)15/h4-5,8-9,16H,6-7,10H2,1-3H3/b5-4+. The monoisotopic (exact) mass is 313 g/mol. The van der Waals surface area contributed by atoms with Crippen LogP contribution in [0.15, 0.2) is 28.8 Å². The quantitative estimate of drug-likeness (QED) is 0.617. The Bertz CT molecular complexity index is 405. The summed E-state index contributed by atoms with van der Waals surface area (Å²) in [6.45, 7) is 3.80. The van der Waals surface area contributed by atoms with E-state index in [0.717, 1.165) is 41.0 Å². The van der Waals surface area contributed by atoms with E-state index in [1.54, 1.807) is 14.2 Å². The number of hydrogen-bond donors (Lipinski definition) is 1. The van der Waals surface area contributed by atoms with Gasteiger partial charge >= 0.3 is 0 Å². The summed E-state index contributed by atoms with van der Waals surface area (Å²) in [5.41, 5.74) is 1.16. The Hall–Kier alpha value is -1.00. The summed E-state index contributed by atoms with van der Waals surface area (Å²) in [5, 5.41) is 3.39. The Morgan fingerprint density at radius 1 is 1.22 bits per heavy atom. The number of hydrogen-bond acceptors (Lipinski definition) is 3. The van der Waals surface area contributed by atoms with Gasteiger partial charge in [0.05, 0.1) is 14.2 Å². The predicted molar refractivity (Wildman–Crippen MR) is 78.4 cm³/mol. The van der Waals surface area contributed by atoms with Gasteiger partial charge in [-0.2, -0.15) is 0 Å². The van der Waals surface area contributed by atoms with Crippen molar-refractivity contribution >= 4 is 15.9 Å². The third kappa shape index (κ3) is 4.35. The molecule has 0 atom stereocenters. The molecule has 4 heteroatoms. The molecule has 0 radical (unpaired) electrons. The van der Waals surface area contributed by atoms with Gasteiger partial charge in [-0.1, -0.05) is 28.1 Å². The fourth-order valence-electron chi connectivity index (χ4n) is 1.61. The maximum Gasteiger partial charge on any atom is 0.161 e. The lowest BCUT2D eigenvalue weighted by Gasteiger charge is -2.12. The minimum atomic E-state index is 0.738. The van der Waals surface area contributed by atoms with Crippen LogP contribution in [0.2, 0.25) is 0 Å². The van der Waals surface area contributed by atoms with E-state index in [9.17, 15) is 0 Å². The summed E-state index contributed by atoms with van der Waals surface area (Å²) in [4.78, 5) is 0. The second kappa shape index (κ2) is 8.16. The second-order valence-electron chi connectivity index (χ2n) is 3.83. The van der Waals surface area contributed by atoms with E-state index in [4.69, 9.17) is 9.47 Å². The van der Waals surface area contributed by atoms with E-state index in [2.05, 4.69) is 33.4 Å². The highest BCUT2D eigenvalue weighted by molar-refractivity contribution is 9.10. The Morgan fingerprint density at radius 2 is 1.89 bits per heavy atom. The molecule has 0 aliphatic carbocycles. The Kier molecular flexibility index (Phi) is 6.83. The maximum absolute atomic E-state index is 5.29. The SMILES string of the molecule is C/C=C/CCNCc1cc(OC)c(OC)cc1Br. The van der Waals surface area contributed by atoms with Gasteiger partial charge < -0.3 is 14.8 Å². The van der Waals surface area contributed by atoms with E-state index in [0.29, 0.717) is 0 Å². The van der Waals surface area contributed by atoms with Crippen LogP contribution in [0, 0.1) is 0 Å². The molecule has 18 heavy (non-hydrogen) atoms. The van der Waals surface area contributed by atoms with Crippen molar-refractivity contribution in [2.45, 2.75) is 19.9 Å². The van der Waals surface area contributed by atoms with Crippen LogP contribution in [0.1, 0.15) is 18.9 Å². The van der Waals surface area contributed by atoms with Crippen LogP contribution in [0.5, 0.6) is 11.5 Å². The molecule has 100 valence electrons. The number of benzene rings is 1. The molecule has 0 fully saturated rings. The first kappa shape index (κ1) is 15.1. The van der Waals surface area contributed by atoms with Crippen LogP contribution < -0.4 is 14.8 Å². The molecule has 0 saturated heterocycles. The largest absolute Gasteiger partial charge is 0.493 e. The number of halogens is 1. The van der Waals surface area contributed by atoms with Crippen LogP contribution in [0.3, 0.4) is 0 Å². The van der Waals surface area contributed by atoms with Gasteiger partial charge in [-0.15, -0.1) is 0 Å². The van der Waals surface area contributed by atoms with Crippen molar-refractivity contribution in [3.63, 3.8) is 0 Å². The molecule has 0 aliphatic rings. The molecule has 1 aromatic rings. The fraction of sp³-hybridized carbons (Fsp3) is 0.429. The molecule has 1 rings (SSSR count). The van der Waals surface area contributed by atoms with Crippen molar-refractivity contribution < 1.29 is 9.47 Å². The van der Waals surface area contributed by atoms with Crippen molar-refractivity contribution in [3.05, 3.63) is 34.3 Å². The minimum Gasteiger partial charge on any atom is -0.493 e.